The SMILES string of the molecule is CC(C)n1c(=O)c(=O)[nH]c2cc(-c3noc(/C=C/c4ccco4)n3)ccc21. The van der Waals surface area contributed by atoms with Crippen LogP contribution in [0.15, 0.2) is 55.1 Å². The molecule has 0 fully saturated rings. The van der Waals surface area contributed by atoms with Crippen LogP contribution in [0.3, 0.4) is 0 Å². The Balaban J connectivity index is 1.74. The van der Waals surface area contributed by atoms with Crippen molar-refractivity contribution >= 4 is 23.2 Å². The van der Waals surface area contributed by atoms with Crippen molar-refractivity contribution in [2.24, 2.45) is 0 Å². The molecule has 0 bridgehead atoms. The average Bonchev–Trinajstić information content (AvgIpc) is 3.32. The molecule has 0 amide bonds. The van der Waals surface area contributed by atoms with E-state index in [1.54, 1.807) is 42.7 Å². The highest BCUT2D eigenvalue weighted by Gasteiger charge is 2.13. The van der Waals surface area contributed by atoms with Crippen molar-refractivity contribution < 1.29 is 8.94 Å². The van der Waals surface area contributed by atoms with E-state index in [1.165, 1.54) is 4.57 Å². The van der Waals surface area contributed by atoms with Crippen LogP contribution in [0.2, 0.25) is 0 Å². The summed E-state index contributed by atoms with van der Waals surface area (Å²) in [7, 11) is 0. The first-order valence-corrected chi connectivity index (χ1v) is 8.37. The van der Waals surface area contributed by atoms with Gasteiger partial charge in [0.1, 0.15) is 5.76 Å². The molecule has 8 nitrogen and oxygen atoms in total. The number of aromatic amines is 1. The second kappa shape index (κ2) is 6.56. The maximum absolute atomic E-state index is 12.1. The van der Waals surface area contributed by atoms with E-state index in [1.807, 2.05) is 19.9 Å². The zero-order chi connectivity index (χ0) is 19.0. The molecule has 0 unspecified atom stereocenters. The highest BCUT2D eigenvalue weighted by molar-refractivity contribution is 5.80. The third kappa shape index (κ3) is 3.12. The highest BCUT2D eigenvalue weighted by atomic mass is 16.5. The number of H-pyrrole nitrogens is 1. The second-order valence-electron chi connectivity index (χ2n) is 6.26. The van der Waals surface area contributed by atoms with Gasteiger partial charge in [0, 0.05) is 17.7 Å². The van der Waals surface area contributed by atoms with Crippen molar-refractivity contribution in [3.05, 3.63) is 69.0 Å². The summed E-state index contributed by atoms with van der Waals surface area (Å²) in [5.74, 6) is 1.37. The number of hydrogen-bond donors (Lipinski definition) is 1. The smallest absolute Gasteiger partial charge is 0.316 e. The van der Waals surface area contributed by atoms with Crippen molar-refractivity contribution in [1.82, 2.24) is 19.7 Å². The molecule has 0 radical (unpaired) electrons. The lowest BCUT2D eigenvalue weighted by atomic mass is 10.1. The number of nitrogens with zero attached hydrogens (tertiary/aromatic N) is 3. The van der Waals surface area contributed by atoms with Crippen LogP contribution in [0.4, 0.5) is 0 Å². The summed E-state index contributed by atoms with van der Waals surface area (Å²) >= 11 is 0. The summed E-state index contributed by atoms with van der Waals surface area (Å²) in [6.45, 7) is 3.70. The van der Waals surface area contributed by atoms with Crippen molar-refractivity contribution in [2.45, 2.75) is 19.9 Å². The lowest BCUT2D eigenvalue weighted by Crippen LogP contribution is -2.37. The Hall–Kier alpha value is -3.68. The molecular weight excluding hydrogens is 348 g/mol. The summed E-state index contributed by atoms with van der Waals surface area (Å²) in [5.41, 5.74) is 0.593. The Labute approximate surface area is 152 Å². The van der Waals surface area contributed by atoms with Crippen LogP contribution in [0.1, 0.15) is 31.5 Å². The summed E-state index contributed by atoms with van der Waals surface area (Å²) in [6, 6.07) is 8.71. The van der Waals surface area contributed by atoms with Crippen LogP contribution in [0.5, 0.6) is 0 Å². The quantitative estimate of drug-likeness (QED) is 0.558. The molecule has 0 aliphatic heterocycles. The summed E-state index contributed by atoms with van der Waals surface area (Å²) in [4.78, 5) is 31.0. The Morgan fingerprint density at radius 1 is 1.19 bits per heavy atom. The number of nitrogens with one attached hydrogen (secondary N) is 1. The minimum atomic E-state index is -0.663. The van der Waals surface area contributed by atoms with Crippen LogP contribution in [-0.4, -0.2) is 19.7 Å². The lowest BCUT2D eigenvalue weighted by molar-refractivity contribution is 0.411. The molecule has 27 heavy (non-hydrogen) atoms. The molecule has 4 rings (SSSR count). The minimum Gasteiger partial charge on any atom is -0.465 e. The molecule has 0 spiro atoms. The van der Waals surface area contributed by atoms with Gasteiger partial charge in [-0.2, -0.15) is 4.98 Å². The van der Waals surface area contributed by atoms with Gasteiger partial charge in [0.05, 0.1) is 17.3 Å². The topological polar surface area (TPSA) is 107 Å². The van der Waals surface area contributed by atoms with E-state index in [0.717, 1.165) is 0 Å². The molecule has 0 aliphatic rings. The van der Waals surface area contributed by atoms with Gasteiger partial charge < -0.3 is 13.9 Å². The number of furan rings is 1. The van der Waals surface area contributed by atoms with Crippen LogP contribution >= 0.6 is 0 Å². The Morgan fingerprint density at radius 3 is 2.78 bits per heavy atom. The van der Waals surface area contributed by atoms with Gasteiger partial charge in [-0.1, -0.05) is 5.16 Å². The molecule has 1 aromatic carbocycles. The standard InChI is InChI=1S/C19H16N4O4/c1-11(2)23-15-7-5-12(10-14(15)20-18(24)19(23)25)17-21-16(27-22-17)8-6-13-4-3-9-26-13/h3-11H,1-2H3,(H,20,24)/b8-6+. The summed E-state index contributed by atoms with van der Waals surface area (Å²) in [5, 5.41) is 3.96. The van der Waals surface area contributed by atoms with E-state index in [4.69, 9.17) is 8.94 Å². The highest BCUT2D eigenvalue weighted by Crippen LogP contribution is 2.22. The number of aromatic nitrogens is 4. The first-order valence-electron chi connectivity index (χ1n) is 8.37. The third-order valence-electron chi connectivity index (χ3n) is 4.07. The summed E-state index contributed by atoms with van der Waals surface area (Å²) < 4.78 is 11.9. The number of rotatable bonds is 4. The molecule has 0 aliphatic carbocycles. The average molecular weight is 364 g/mol. The van der Waals surface area contributed by atoms with E-state index >= 15 is 0 Å². The van der Waals surface area contributed by atoms with Gasteiger partial charge in [-0.25, -0.2) is 0 Å². The number of fused-ring (bicyclic) bond motifs is 1. The predicted octanol–water partition coefficient (Wildman–Crippen LogP) is 3.08. The van der Waals surface area contributed by atoms with Crippen molar-refractivity contribution in [3.8, 4) is 11.4 Å². The molecule has 136 valence electrons. The van der Waals surface area contributed by atoms with Gasteiger partial charge in [-0.05, 0) is 50.3 Å². The molecule has 3 heterocycles. The van der Waals surface area contributed by atoms with Crippen molar-refractivity contribution in [1.29, 1.82) is 0 Å². The molecule has 0 atom stereocenters. The fourth-order valence-electron chi connectivity index (χ4n) is 2.85. The minimum absolute atomic E-state index is 0.142. The van der Waals surface area contributed by atoms with Crippen LogP contribution in [0, 0.1) is 0 Å². The third-order valence-corrected chi connectivity index (χ3v) is 4.07. The van der Waals surface area contributed by atoms with Crippen LogP contribution in [-0.2, 0) is 0 Å². The lowest BCUT2D eigenvalue weighted by Gasteiger charge is -2.13. The first kappa shape index (κ1) is 16.8. The van der Waals surface area contributed by atoms with Gasteiger partial charge in [0.15, 0.2) is 0 Å². The number of benzene rings is 1. The fraction of sp³-hybridized carbons (Fsp3) is 0.158. The van der Waals surface area contributed by atoms with Gasteiger partial charge in [0.25, 0.3) is 5.89 Å². The first-order chi connectivity index (χ1) is 13.0. The predicted molar refractivity (Wildman–Crippen MR) is 100 cm³/mol. The maximum Gasteiger partial charge on any atom is 0.316 e. The van der Waals surface area contributed by atoms with E-state index in [9.17, 15) is 9.59 Å². The van der Waals surface area contributed by atoms with E-state index in [2.05, 4.69) is 15.1 Å². The largest absolute Gasteiger partial charge is 0.465 e. The Kier molecular flexibility index (Phi) is 4.08. The van der Waals surface area contributed by atoms with Gasteiger partial charge in [-0.3, -0.25) is 14.2 Å². The molecule has 0 saturated carbocycles. The van der Waals surface area contributed by atoms with Gasteiger partial charge in [-0.15, -0.1) is 0 Å². The van der Waals surface area contributed by atoms with Crippen molar-refractivity contribution in [3.63, 3.8) is 0 Å². The fourth-order valence-corrected chi connectivity index (χ4v) is 2.85. The molecule has 3 aromatic heterocycles. The molecule has 8 heteroatoms. The van der Waals surface area contributed by atoms with Crippen LogP contribution in [0.25, 0.3) is 34.6 Å². The van der Waals surface area contributed by atoms with Gasteiger partial charge >= 0.3 is 11.1 Å². The Morgan fingerprint density at radius 2 is 2.04 bits per heavy atom. The molecule has 4 aromatic rings. The molecule has 1 N–H and O–H groups in total. The zero-order valence-corrected chi connectivity index (χ0v) is 14.7. The van der Waals surface area contributed by atoms with E-state index in [0.29, 0.717) is 34.1 Å². The monoisotopic (exact) mass is 364 g/mol. The maximum atomic E-state index is 12.1. The zero-order valence-electron chi connectivity index (χ0n) is 14.7. The summed E-state index contributed by atoms with van der Waals surface area (Å²) in [6.07, 6.45) is 4.94. The second-order valence-corrected chi connectivity index (χ2v) is 6.26. The molecular formula is C19H16N4O4. The number of hydrogen-bond acceptors (Lipinski definition) is 6. The normalized spacial score (nSPS) is 11.8. The van der Waals surface area contributed by atoms with Gasteiger partial charge in [0.2, 0.25) is 5.82 Å². The van der Waals surface area contributed by atoms with E-state index < -0.39 is 11.1 Å². The van der Waals surface area contributed by atoms with Crippen LogP contribution < -0.4 is 11.1 Å². The molecule has 0 saturated heterocycles. The van der Waals surface area contributed by atoms with E-state index in [-0.39, 0.29) is 6.04 Å². The Bertz CT molecular complexity index is 1240. The van der Waals surface area contributed by atoms with Crippen molar-refractivity contribution in [2.75, 3.05) is 0 Å².